The van der Waals surface area contributed by atoms with Crippen LogP contribution in [0.5, 0.6) is 5.75 Å². The first-order valence-corrected chi connectivity index (χ1v) is 9.77. The summed E-state index contributed by atoms with van der Waals surface area (Å²) in [7, 11) is 0. The Kier molecular flexibility index (Phi) is 6.03. The molecule has 1 N–H and O–H groups in total. The van der Waals surface area contributed by atoms with Crippen molar-refractivity contribution < 1.29 is 18.7 Å². The Morgan fingerprint density at radius 2 is 1.86 bits per heavy atom. The molecule has 1 saturated heterocycles. The molecule has 0 aliphatic carbocycles. The van der Waals surface area contributed by atoms with Gasteiger partial charge < -0.3 is 24.1 Å². The van der Waals surface area contributed by atoms with Crippen molar-refractivity contribution in [3.63, 3.8) is 0 Å². The van der Waals surface area contributed by atoms with Gasteiger partial charge >= 0.3 is 0 Å². The maximum absolute atomic E-state index is 12.7. The van der Waals surface area contributed by atoms with Crippen molar-refractivity contribution >= 4 is 28.9 Å². The molecule has 0 spiro atoms. The fourth-order valence-corrected chi connectivity index (χ4v) is 3.29. The second-order valence-corrected chi connectivity index (χ2v) is 7.02. The molecular weight excluding hydrogens is 392 g/mol. The van der Waals surface area contributed by atoms with E-state index in [1.54, 1.807) is 18.2 Å². The summed E-state index contributed by atoms with van der Waals surface area (Å²) in [6, 6.07) is 18.3. The van der Waals surface area contributed by atoms with Crippen molar-refractivity contribution in [3.05, 3.63) is 77.2 Å². The predicted molar refractivity (Wildman–Crippen MR) is 112 cm³/mol. The molecule has 0 atom stereocenters. The zero-order valence-corrected chi connectivity index (χ0v) is 16.5. The van der Waals surface area contributed by atoms with Gasteiger partial charge in [-0.15, -0.1) is 0 Å². The van der Waals surface area contributed by atoms with Crippen molar-refractivity contribution in [2.24, 2.45) is 0 Å². The number of anilines is 2. The molecule has 2 heterocycles. The standard InChI is InChI=1S/C22H21ClN2O4/c23-16-6-8-20(25-10-12-27-13-11-25)19(14-16)24-22(26)21-9-7-18(29-21)15-28-17-4-2-1-3-5-17/h1-9,14H,10-13,15H2,(H,24,26). The Hall–Kier alpha value is -2.96. The van der Waals surface area contributed by atoms with E-state index >= 15 is 0 Å². The number of rotatable bonds is 6. The number of halogens is 1. The van der Waals surface area contributed by atoms with Gasteiger partial charge in [0.05, 0.1) is 24.6 Å². The molecule has 29 heavy (non-hydrogen) atoms. The van der Waals surface area contributed by atoms with Crippen molar-refractivity contribution in [3.8, 4) is 5.75 Å². The molecule has 1 fully saturated rings. The number of morpholine rings is 1. The van der Waals surface area contributed by atoms with Gasteiger partial charge in [-0.05, 0) is 42.5 Å². The fraction of sp³-hybridized carbons (Fsp3) is 0.227. The first-order valence-electron chi connectivity index (χ1n) is 9.39. The summed E-state index contributed by atoms with van der Waals surface area (Å²) in [5.74, 6) is 1.18. The van der Waals surface area contributed by atoms with E-state index in [9.17, 15) is 4.79 Å². The summed E-state index contributed by atoms with van der Waals surface area (Å²) >= 11 is 6.15. The highest BCUT2D eigenvalue weighted by Gasteiger charge is 2.18. The van der Waals surface area contributed by atoms with Crippen molar-refractivity contribution in [1.29, 1.82) is 0 Å². The number of para-hydroxylation sites is 1. The minimum absolute atomic E-state index is 0.213. The maximum atomic E-state index is 12.7. The normalized spacial score (nSPS) is 13.9. The van der Waals surface area contributed by atoms with Crippen LogP contribution in [0, 0.1) is 0 Å². The largest absolute Gasteiger partial charge is 0.486 e. The summed E-state index contributed by atoms with van der Waals surface area (Å²) in [5, 5.41) is 3.46. The van der Waals surface area contributed by atoms with E-state index in [0.29, 0.717) is 29.7 Å². The van der Waals surface area contributed by atoms with Gasteiger partial charge in [0.1, 0.15) is 18.1 Å². The molecule has 6 nitrogen and oxygen atoms in total. The fourth-order valence-electron chi connectivity index (χ4n) is 3.12. The quantitative estimate of drug-likeness (QED) is 0.641. The molecule has 3 aromatic rings. The van der Waals surface area contributed by atoms with Crippen LogP contribution in [-0.4, -0.2) is 32.2 Å². The van der Waals surface area contributed by atoms with Crippen molar-refractivity contribution in [2.75, 3.05) is 36.5 Å². The maximum Gasteiger partial charge on any atom is 0.291 e. The van der Waals surface area contributed by atoms with Gasteiger partial charge in [0.15, 0.2) is 5.76 Å². The van der Waals surface area contributed by atoms with Crippen LogP contribution < -0.4 is 15.0 Å². The zero-order valence-electron chi connectivity index (χ0n) is 15.8. The number of hydrogen-bond acceptors (Lipinski definition) is 5. The molecule has 0 radical (unpaired) electrons. The van der Waals surface area contributed by atoms with Gasteiger partial charge in [-0.2, -0.15) is 0 Å². The Morgan fingerprint density at radius 1 is 1.07 bits per heavy atom. The van der Waals surface area contributed by atoms with E-state index in [-0.39, 0.29) is 18.3 Å². The lowest BCUT2D eigenvalue weighted by Gasteiger charge is -2.30. The van der Waals surface area contributed by atoms with Crippen LogP contribution in [0.15, 0.2) is 65.1 Å². The van der Waals surface area contributed by atoms with Crippen LogP contribution in [0.4, 0.5) is 11.4 Å². The second kappa shape index (κ2) is 9.03. The summed E-state index contributed by atoms with van der Waals surface area (Å²) in [5.41, 5.74) is 1.55. The number of carbonyl (C=O) groups is 1. The van der Waals surface area contributed by atoms with Crippen molar-refractivity contribution in [2.45, 2.75) is 6.61 Å². The highest BCUT2D eigenvalue weighted by molar-refractivity contribution is 6.31. The SMILES string of the molecule is O=C(Nc1cc(Cl)ccc1N1CCOCC1)c1ccc(COc2ccccc2)o1. The predicted octanol–water partition coefficient (Wildman–Crippen LogP) is 4.60. The van der Waals surface area contributed by atoms with E-state index in [0.717, 1.165) is 24.5 Å². The van der Waals surface area contributed by atoms with Gasteiger partial charge in [0.2, 0.25) is 0 Å². The molecule has 4 rings (SSSR count). The van der Waals surface area contributed by atoms with Crippen LogP contribution in [0.2, 0.25) is 5.02 Å². The molecule has 7 heteroatoms. The second-order valence-electron chi connectivity index (χ2n) is 6.58. The van der Waals surface area contributed by atoms with Crippen LogP contribution in [0.1, 0.15) is 16.3 Å². The zero-order chi connectivity index (χ0) is 20.1. The highest BCUT2D eigenvalue weighted by atomic mass is 35.5. The van der Waals surface area contributed by atoms with Crippen LogP contribution >= 0.6 is 11.6 Å². The van der Waals surface area contributed by atoms with Crippen LogP contribution in [0.3, 0.4) is 0 Å². The van der Waals surface area contributed by atoms with Crippen LogP contribution in [-0.2, 0) is 11.3 Å². The minimum atomic E-state index is -0.340. The van der Waals surface area contributed by atoms with Gasteiger partial charge in [-0.3, -0.25) is 4.79 Å². The number of carbonyl (C=O) groups excluding carboxylic acids is 1. The molecule has 1 aliphatic rings. The molecule has 0 saturated carbocycles. The van der Waals surface area contributed by atoms with Gasteiger partial charge in [-0.25, -0.2) is 0 Å². The molecule has 0 unspecified atom stereocenters. The summed E-state index contributed by atoms with van der Waals surface area (Å²) in [6.07, 6.45) is 0. The number of nitrogens with one attached hydrogen (secondary N) is 1. The van der Waals surface area contributed by atoms with Crippen LogP contribution in [0.25, 0.3) is 0 Å². The lowest BCUT2D eigenvalue weighted by molar-refractivity contribution is 0.0992. The van der Waals surface area contributed by atoms with E-state index in [4.69, 9.17) is 25.5 Å². The first-order chi connectivity index (χ1) is 14.2. The number of hydrogen-bond donors (Lipinski definition) is 1. The summed E-state index contributed by atoms with van der Waals surface area (Å²) in [4.78, 5) is 14.9. The number of amides is 1. The molecule has 0 bridgehead atoms. The molecule has 1 amide bonds. The van der Waals surface area contributed by atoms with E-state index in [2.05, 4.69) is 10.2 Å². The number of ether oxygens (including phenoxy) is 2. The third kappa shape index (κ3) is 4.91. The van der Waals surface area contributed by atoms with E-state index in [1.807, 2.05) is 42.5 Å². The highest BCUT2D eigenvalue weighted by Crippen LogP contribution is 2.30. The number of nitrogens with zero attached hydrogens (tertiary/aromatic N) is 1. The monoisotopic (exact) mass is 412 g/mol. The Balaban J connectivity index is 1.44. The molecular formula is C22H21ClN2O4. The molecule has 150 valence electrons. The first kappa shape index (κ1) is 19.4. The van der Waals surface area contributed by atoms with Gasteiger partial charge in [0, 0.05) is 18.1 Å². The lowest BCUT2D eigenvalue weighted by Crippen LogP contribution is -2.36. The Bertz CT molecular complexity index is 968. The smallest absolute Gasteiger partial charge is 0.291 e. The lowest BCUT2D eigenvalue weighted by atomic mass is 10.2. The third-order valence-corrected chi connectivity index (χ3v) is 4.80. The number of benzene rings is 2. The third-order valence-electron chi connectivity index (χ3n) is 4.57. The van der Waals surface area contributed by atoms with Gasteiger partial charge in [0.25, 0.3) is 5.91 Å². The molecule has 1 aromatic heterocycles. The number of furan rings is 1. The Labute approximate surface area is 174 Å². The summed E-state index contributed by atoms with van der Waals surface area (Å²) < 4.78 is 16.7. The molecule has 1 aliphatic heterocycles. The average molecular weight is 413 g/mol. The Morgan fingerprint density at radius 3 is 2.66 bits per heavy atom. The summed E-state index contributed by atoms with van der Waals surface area (Å²) in [6.45, 7) is 3.06. The van der Waals surface area contributed by atoms with E-state index in [1.165, 1.54) is 0 Å². The topological polar surface area (TPSA) is 63.9 Å². The van der Waals surface area contributed by atoms with Crippen molar-refractivity contribution in [1.82, 2.24) is 0 Å². The van der Waals surface area contributed by atoms with E-state index < -0.39 is 0 Å². The minimum Gasteiger partial charge on any atom is -0.486 e. The molecule has 2 aromatic carbocycles. The average Bonchev–Trinajstić information content (AvgIpc) is 3.23. The van der Waals surface area contributed by atoms with Gasteiger partial charge in [-0.1, -0.05) is 29.8 Å².